The van der Waals surface area contributed by atoms with E-state index in [1.807, 2.05) is 13.0 Å². The van der Waals surface area contributed by atoms with Crippen molar-refractivity contribution in [1.82, 2.24) is 10.6 Å². The molecule has 0 atom stereocenters. The Morgan fingerprint density at radius 2 is 1.72 bits per heavy atom. The number of carbonyl (C=O) groups excluding carboxylic acids is 2. The van der Waals surface area contributed by atoms with E-state index >= 15 is 0 Å². The number of halogens is 2. The highest BCUT2D eigenvalue weighted by atomic mass is 79.9. The summed E-state index contributed by atoms with van der Waals surface area (Å²) >= 11 is 6.64. The lowest BCUT2D eigenvalue weighted by molar-refractivity contribution is -0.120. The molecule has 0 bridgehead atoms. The van der Waals surface area contributed by atoms with E-state index < -0.39 is 0 Å². The van der Waals surface area contributed by atoms with Gasteiger partial charge in [-0.15, -0.1) is 0 Å². The van der Waals surface area contributed by atoms with Gasteiger partial charge in [0, 0.05) is 34.0 Å². The number of rotatable bonds is 5. The average molecular weight is 378 g/mol. The molecule has 0 aliphatic heterocycles. The van der Waals surface area contributed by atoms with Gasteiger partial charge in [0.1, 0.15) is 0 Å². The minimum Gasteiger partial charge on any atom is -0.356 e. The first-order valence-corrected chi connectivity index (χ1v) is 7.12. The minimum absolute atomic E-state index is 0.0618. The van der Waals surface area contributed by atoms with Crippen LogP contribution in [0.3, 0.4) is 0 Å². The van der Waals surface area contributed by atoms with Crippen LogP contribution < -0.4 is 10.6 Å². The zero-order chi connectivity index (χ0) is 13.5. The van der Waals surface area contributed by atoms with E-state index in [2.05, 4.69) is 42.5 Å². The van der Waals surface area contributed by atoms with Crippen LogP contribution in [0.1, 0.15) is 23.7 Å². The maximum absolute atomic E-state index is 11.8. The van der Waals surface area contributed by atoms with Gasteiger partial charge < -0.3 is 10.6 Å². The Labute approximate surface area is 123 Å². The highest BCUT2D eigenvalue weighted by molar-refractivity contribution is 9.11. The van der Waals surface area contributed by atoms with Gasteiger partial charge in [-0.2, -0.15) is 0 Å². The number of carbonyl (C=O) groups is 2. The van der Waals surface area contributed by atoms with Gasteiger partial charge in [-0.05, 0) is 25.1 Å². The van der Waals surface area contributed by atoms with Crippen LogP contribution in [0.2, 0.25) is 0 Å². The van der Waals surface area contributed by atoms with Crippen LogP contribution in [0.15, 0.2) is 27.1 Å². The molecule has 0 fully saturated rings. The Bertz CT molecular complexity index is 429. The lowest BCUT2D eigenvalue weighted by Gasteiger charge is -2.06. The SMILES string of the molecule is CCNC(=O)CCNC(=O)c1cc(Br)cc(Br)c1. The van der Waals surface area contributed by atoms with Gasteiger partial charge >= 0.3 is 0 Å². The first-order chi connectivity index (χ1) is 8.52. The summed E-state index contributed by atoms with van der Waals surface area (Å²) < 4.78 is 1.65. The van der Waals surface area contributed by atoms with Crippen LogP contribution in [0.25, 0.3) is 0 Å². The van der Waals surface area contributed by atoms with Crippen LogP contribution in [0, 0.1) is 0 Å². The van der Waals surface area contributed by atoms with Crippen molar-refractivity contribution >= 4 is 43.7 Å². The van der Waals surface area contributed by atoms with E-state index in [1.54, 1.807) is 12.1 Å². The molecule has 1 rings (SSSR count). The molecule has 0 radical (unpaired) electrons. The van der Waals surface area contributed by atoms with E-state index in [1.165, 1.54) is 0 Å². The fourth-order valence-electron chi connectivity index (χ4n) is 1.36. The van der Waals surface area contributed by atoms with Crippen molar-refractivity contribution in [3.05, 3.63) is 32.7 Å². The molecule has 0 aromatic heterocycles. The molecule has 2 amide bonds. The van der Waals surface area contributed by atoms with Gasteiger partial charge in [0.05, 0.1) is 0 Å². The van der Waals surface area contributed by atoms with Crippen molar-refractivity contribution in [2.45, 2.75) is 13.3 Å². The zero-order valence-corrected chi connectivity index (χ0v) is 13.1. The van der Waals surface area contributed by atoms with Gasteiger partial charge in [-0.1, -0.05) is 31.9 Å². The third kappa shape index (κ3) is 5.18. The van der Waals surface area contributed by atoms with E-state index in [0.29, 0.717) is 18.7 Å². The van der Waals surface area contributed by atoms with E-state index in [0.717, 1.165) is 8.95 Å². The van der Waals surface area contributed by atoms with Crippen molar-refractivity contribution in [2.75, 3.05) is 13.1 Å². The molecule has 0 heterocycles. The highest BCUT2D eigenvalue weighted by Gasteiger charge is 2.08. The molecular weight excluding hydrogens is 364 g/mol. The van der Waals surface area contributed by atoms with E-state index in [4.69, 9.17) is 0 Å². The molecular formula is C12H14Br2N2O2. The predicted octanol–water partition coefficient (Wildman–Crippen LogP) is 2.47. The van der Waals surface area contributed by atoms with E-state index in [-0.39, 0.29) is 18.2 Å². The number of hydrogen-bond donors (Lipinski definition) is 2. The van der Waals surface area contributed by atoms with Gasteiger partial charge in [0.2, 0.25) is 5.91 Å². The number of benzene rings is 1. The van der Waals surface area contributed by atoms with Crippen LogP contribution in [0.5, 0.6) is 0 Å². The van der Waals surface area contributed by atoms with Gasteiger partial charge in [-0.3, -0.25) is 9.59 Å². The molecule has 98 valence electrons. The summed E-state index contributed by atoms with van der Waals surface area (Å²) in [7, 11) is 0. The van der Waals surface area contributed by atoms with Gasteiger partial charge in [0.15, 0.2) is 0 Å². The Balaban J connectivity index is 2.48. The van der Waals surface area contributed by atoms with Gasteiger partial charge in [0.25, 0.3) is 5.91 Å². The standard InChI is InChI=1S/C12H14Br2N2O2/c1-2-15-11(17)3-4-16-12(18)8-5-9(13)7-10(14)6-8/h5-7H,2-4H2,1H3,(H,15,17)(H,16,18). The second-order valence-electron chi connectivity index (χ2n) is 3.62. The normalized spacial score (nSPS) is 9.94. The first kappa shape index (κ1) is 15.2. The topological polar surface area (TPSA) is 58.2 Å². The molecule has 1 aromatic carbocycles. The Kier molecular flexibility index (Phi) is 6.35. The third-order valence-electron chi connectivity index (χ3n) is 2.14. The molecule has 0 aliphatic carbocycles. The van der Waals surface area contributed by atoms with Crippen LogP contribution in [-0.4, -0.2) is 24.9 Å². The predicted molar refractivity (Wildman–Crippen MR) is 77.5 cm³/mol. The third-order valence-corrected chi connectivity index (χ3v) is 3.05. The molecule has 1 aromatic rings. The van der Waals surface area contributed by atoms with Crippen molar-refractivity contribution in [3.8, 4) is 0 Å². The molecule has 18 heavy (non-hydrogen) atoms. The van der Waals surface area contributed by atoms with E-state index in [9.17, 15) is 9.59 Å². The van der Waals surface area contributed by atoms with Gasteiger partial charge in [-0.25, -0.2) is 0 Å². The summed E-state index contributed by atoms with van der Waals surface area (Å²) in [4.78, 5) is 23.0. The monoisotopic (exact) mass is 376 g/mol. The molecule has 0 unspecified atom stereocenters. The maximum Gasteiger partial charge on any atom is 0.251 e. The Morgan fingerprint density at radius 3 is 2.28 bits per heavy atom. The molecule has 0 saturated heterocycles. The summed E-state index contributed by atoms with van der Waals surface area (Å²) in [5.41, 5.74) is 0.548. The summed E-state index contributed by atoms with van der Waals surface area (Å²) in [5.74, 6) is -0.255. The highest BCUT2D eigenvalue weighted by Crippen LogP contribution is 2.19. The largest absolute Gasteiger partial charge is 0.356 e. The van der Waals surface area contributed by atoms with Crippen molar-refractivity contribution in [3.63, 3.8) is 0 Å². The lowest BCUT2D eigenvalue weighted by atomic mass is 10.2. The number of amides is 2. The Morgan fingerprint density at radius 1 is 1.11 bits per heavy atom. The van der Waals surface area contributed by atoms with Crippen molar-refractivity contribution < 1.29 is 9.59 Å². The lowest BCUT2D eigenvalue weighted by Crippen LogP contribution is -2.30. The number of hydrogen-bond acceptors (Lipinski definition) is 2. The summed E-state index contributed by atoms with van der Waals surface area (Å²) in [6.45, 7) is 2.79. The molecule has 6 heteroatoms. The first-order valence-electron chi connectivity index (χ1n) is 5.54. The average Bonchev–Trinajstić information content (AvgIpc) is 2.27. The smallest absolute Gasteiger partial charge is 0.251 e. The zero-order valence-electron chi connectivity index (χ0n) is 9.93. The Hall–Kier alpha value is -0.880. The second kappa shape index (κ2) is 7.53. The second-order valence-corrected chi connectivity index (χ2v) is 5.45. The van der Waals surface area contributed by atoms with Crippen LogP contribution in [0.4, 0.5) is 0 Å². The van der Waals surface area contributed by atoms with Crippen LogP contribution >= 0.6 is 31.9 Å². The molecule has 0 aliphatic rings. The molecule has 0 spiro atoms. The molecule has 2 N–H and O–H groups in total. The van der Waals surface area contributed by atoms with Crippen LogP contribution in [-0.2, 0) is 4.79 Å². The summed E-state index contributed by atoms with van der Waals surface area (Å²) in [6.07, 6.45) is 0.286. The fraction of sp³-hybridized carbons (Fsp3) is 0.333. The number of nitrogens with one attached hydrogen (secondary N) is 2. The quantitative estimate of drug-likeness (QED) is 0.828. The summed E-state index contributed by atoms with van der Waals surface area (Å²) in [5, 5.41) is 5.37. The summed E-state index contributed by atoms with van der Waals surface area (Å²) in [6, 6.07) is 5.31. The molecule has 0 saturated carbocycles. The molecule has 4 nitrogen and oxygen atoms in total. The van der Waals surface area contributed by atoms with Crippen molar-refractivity contribution in [1.29, 1.82) is 0 Å². The maximum atomic E-state index is 11.8. The van der Waals surface area contributed by atoms with Crippen molar-refractivity contribution in [2.24, 2.45) is 0 Å². The fourth-order valence-corrected chi connectivity index (χ4v) is 2.66. The minimum atomic E-state index is -0.193.